The van der Waals surface area contributed by atoms with Crippen LogP contribution in [0.4, 0.5) is 5.88 Å². The maximum absolute atomic E-state index is 5.90. The number of aromatic nitrogens is 1. The van der Waals surface area contributed by atoms with Crippen LogP contribution in [-0.2, 0) is 11.8 Å². The van der Waals surface area contributed by atoms with Crippen LogP contribution in [0.25, 0.3) is 11.3 Å². The number of benzene rings is 1. The maximum Gasteiger partial charge on any atom is 0.225 e. The van der Waals surface area contributed by atoms with Crippen LogP contribution in [0, 0.1) is 5.92 Å². The molecule has 0 spiro atoms. The van der Waals surface area contributed by atoms with Gasteiger partial charge in [0, 0.05) is 11.1 Å². The molecule has 0 fully saturated rings. The van der Waals surface area contributed by atoms with E-state index in [9.17, 15) is 0 Å². The smallest absolute Gasteiger partial charge is 0.225 e. The van der Waals surface area contributed by atoms with E-state index in [-0.39, 0.29) is 5.41 Å². The second kappa shape index (κ2) is 5.31. The summed E-state index contributed by atoms with van der Waals surface area (Å²) in [6.07, 6.45) is 0.881. The maximum atomic E-state index is 5.90. The van der Waals surface area contributed by atoms with E-state index in [1.54, 1.807) is 0 Å². The molecule has 0 amide bonds. The predicted octanol–water partition coefficient (Wildman–Crippen LogP) is 4.42. The van der Waals surface area contributed by atoms with E-state index in [1.165, 1.54) is 5.56 Å². The second-order valence-electron chi connectivity index (χ2n) is 6.80. The van der Waals surface area contributed by atoms with Crippen molar-refractivity contribution in [3.05, 3.63) is 35.4 Å². The van der Waals surface area contributed by atoms with Crippen molar-refractivity contribution in [2.75, 3.05) is 5.73 Å². The Morgan fingerprint density at radius 2 is 1.75 bits per heavy atom. The van der Waals surface area contributed by atoms with Gasteiger partial charge in [-0.3, -0.25) is 0 Å². The van der Waals surface area contributed by atoms with Gasteiger partial charge >= 0.3 is 0 Å². The van der Waals surface area contributed by atoms with Gasteiger partial charge in [-0.25, -0.2) is 0 Å². The van der Waals surface area contributed by atoms with Gasteiger partial charge in [0.05, 0.1) is 0 Å². The number of nitrogens with zero attached hydrogens (tertiary/aromatic N) is 1. The molecule has 2 rings (SSSR count). The highest BCUT2D eigenvalue weighted by atomic mass is 16.5. The quantitative estimate of drug-likeness (QED) is 0.899. The molecule has 0 atom stereocenters. The van der Waals surface area contributed by atoms with Crippen LogP contribution in [0.5, 0.6) is 0 Å². The molecular formula is C17H24N2O. The summed E-state index contributed by atoms with van der Waals surface area (Å²) in [6.45, 7) is 11.0. The van der Waals surface area contributed by atoms with Gasteiger partial charge in [-0.05, 0) is 23.3 Å². The lowest BCUT2D eigenvalue weighted by Crippen LogP contribution is -2.10. The molecule has 0 saturated heterocycles. The summed E-state index contributed by atoms with van der Waals surface area (Å²) in [7, 11) is 0. The second-order valence-corrected chi connectivity index (χ2v) is 6.80. The van der Waals surface area contributed by atoms with Crippen molar-refractivity contribution >= 4 is 5.88 Å². The molecular weight excluding hydrogens is 248 g/mol. The van der Waals surface area contributed by atoms with Crippen molar-refractivity contribution in [2.24, 2.45) is 5.92 Å². The summed E-state index contributed by atoms with van der Waals surface area (Å²) in [5, 5.41) is 4.13. The molecule has 2 aromatic rings. The molecule has 0 bridgehead atoms. The van der Waals surface area contributed by atoms with Crippen molar-refractivity contribution < 1.29 is 4.52 Å². The lowest BCUT2D eigenvalue weighted by Gasteiger charge is -2.19. The van der Waals surface area contributed by atoms with Gasteiger partial charge in [0.2, 0.25) is 5.88 Å². The van der Waals surface area contributed by atoms with Gasteiger partial charge in [0.1, 0.15) is 5.69 Å². The van der Waals surface area contributed by atoms with Gasteiger partial charge in [0.15, 0.2) is 0 Å². The van der Waals surface area contributed by atoms with Gasteiger partial charge < -0.3 is 10.3 Å². The van der Waals surface area contributed by atoms with Gasteiger partial charge in [-0.2, -0.15) is 0 Å². The first-order chi connectivity index (χ1) is 9.29. The Kier molecular flexibility index (Phi) is 3.89. The van der Waals surface area contributed by atoms with Gasteiger partial charge in [-0.1, -0.05) is 64.0 Å². The lowest BCUT2D eigenvalue weighted by atomic mass is 9.86. The average molecular weight is 272 g/mol. The summed E-state index contributed by atoms with van der Waals surface area (Å²) in [4.78, 5) is 0. The Morgan fingerprint density at radius 3 is 2.25 bits per heavy atom. The average Bonchev–Trinajstić information content (AvgIpc) is 2.70. The number of nitrogens with two attached hydrogens (primary N) is 1. The van der Waals surface area contributed by atoms with Crippen LogP contribution in [0.3, 0.4) is 0 Å². The van der Waals surface area contributed by atoms with Gasteiger partial charge in [0.25, 0.3) is 0 Å². The Bertz CT molecular complexity index is 574. The third kappa shape index (κ3) is 3.03. The highest BCUT2D eigenvalue weighted by molar-refractivity contribution is 5.67. The van der Waals surface area contributed by atoms with Crippen molar-refractivity contribution in [1.29, 1.82) is 0 Å². The van der Waals surface area contributed by atoms with E-state index in [1.807, 2.05) is 0 Å². The summed E-state index contributed by atoms with van der Waals surface area (Å²) in [5.74, 6) is 0.956. The molecule has 3 heteroatoms. The van der Waals surface area contributed by atoms with Crippen LogP contribution in [-0.4, -0.2) is 5.16 Å². The monoisotopic (exact) mass is 272 g/mol. The molecule has 0 radical (unpaired) electrons. The molecule has 0 saturated carbocycles. The molecule has 1 aromatic carbocycles. The van der Waals surface area contributed by atoms with Crippen molar-refractivity contribution in [2.45, 2.75) is 46.5 Å². The Balaban J connectivity index is 2.37. The molecule has 0 aliphatic rings. The number of hydrogen-bond donors (Lipinski definition) is 1. The fourth-order valence-electron chi connectivity index (χ4n) is 2.28. The van der Waals surface area contributed by atoms with E-state index >= 15 is 0 Å². The summed E-state index contributed by atoms with van der Waals surface area (Å²) in [6, 6.07) is 8.50. The molecule has 108 valence electrons. The van der Waals surface area contributed by atoms with E-state index in [0.29, 0.717) is 11.8 Å². The first-order valence-electron chi connectivity index (χ1n) is 7.14. The molecule has 20 heavy (non-hydrogen) atoms. The van der Waals surface area contributed by atoms with Crippen molar-refractivity contribution in [3.8, 4) is 11.3 Å². The highest BCUT2D eigenvalue weighted by Crippen LogP contribution is 2.31. The predicted molar refractivity (Wildman–Crippen MR) is 83.6 cm³/mol. The SMILES string of the molecule is CC(C)Cc1c(-c2ccc(C(C)(C)C)cc2)noc1N. The summed E-state index contributed by atoms with van der Waals surface area (Å²) < 4.78 is 5.18. The lowest BCUT2D eigenvalue weighted by molar-refractivity contribution is 0.438. The van der Waals surface area contributed by atoms with Crippen LogP contribution in [0.15, 0.2) is 28.8 Å². The molecule has 2 N–H and O–H groups in total. The Hall–Kier alpha value is -1.77. The molecule has 0 unspecified atom stereocenters. The summed E-state index contributed by atoms with van der Waals surface area (Å²) >= 11 is 0. The third-order valence-corrected chi connectivity index (χ3v) is 3.46. The zero-order valence-electron chi connectivity index (χ0n) is 13.0. The third-order valence-electron chi connectivity index (χ3n) is 3.46. The minimum atomic E-state index is 0.155. The molecule has 1 heterocycles. The molecule has 3 nitrogen and oxygen atoms in total. The van der Waals surface area contributed by atoms with Crippen LogP contribution < -0.4 is 5.73 Å². The molecule has 0 aliphatic heterocycles. The van der Waals surface area contributed by atoms with E-state index < -0.39 is 0 Å². The highest BCUT2D eigenvalue weighted by Gasteiger charge is 2.18. The number of anilines is 1. The first kappa shape index (κ1) is 14.6. The Labute approximate surface area is 121 Å². The first-order valence-corrected chi connectivity index (χ1v) is 7.14. The van der Waals surface area contributed by atoms with E-state index in [0.717, 1.165) is 23.2 Å². The van der Waals surface area contributed by atoms with E-state index in [2.05, 4.69) is 64.0 Å². The topological polar surface area (TPSA) is 52.0 Å². The molecule has 1 aromatic heterocycles. The minimum absolute atomic E-state index is 0.155. The van der Waals surface area contributed by atoms with Crippen LogP contribution >= 0.6 is 0 Å². The van der Waals surface area contributed by atoms with Crippen LogP contribution in [0.2, 0.25) is 0 Å². The number of rotatable bonds is 3. The summed E-state index contributed by atoms with van der Waals surface area (Å²) in [5.41, 5.74) is 10.3. The van der Waals surface area contributed by atoms with Crippen molar-refractivity contribution in [1.82, 2.24) is 5.16 Å². The Morgan fingerprint density at radius 1 is 1.15 bits per heavy atom. The minimum Gasteiger partial charge on any atom is -0.367 e. The normalized spacial score (nSPS) is 12.1. The van der Waals surface area contributed by atoms with Gasteiger partial charge in [-0.15, -0.1) is 0 Å². The number of hydrogen-bond acceptors (Lipinski definition) is 3. The molecule has 0 aliphatic carbocycles. The standard InChI is InChI=1S/C17H24N2O/c1-11(2)10-14-15(19-20-16(14)18)12-6-8-13(9-7-12)17(3,4)5/h6-9,11H,10,18H2,1-5H3. The fraction of sp³-hybridized carbons (Fsp3) is 0.471. The largest absolute Gasteiger partial charge is 0.367 e. The fourth-order valence-corrected chi connectivity index (χ4v) is 2.28. The van der Waals surface area contributed by atoms with Crippen molar-refractivity contribution in [3.63, 3.8) is 0 Å². The zero-order chi connectivity index (χ0) is 14.9. The zero-order valence-corrected chi connectivity index (χ0v) is 13.0. The number of nitrogen functional groups attached to an aromatic ring is 1. The van der Waals surface area contributed by atoms with E-state index in [4.69, 9.17) is 10.3 Å². The van der Waals surface area contributed by atoms with Crippen LogP contribution in [0.1, 0.15) is 45.7 Å².